The molecule has 9 heteroatoms. The Balaban J connectivity index is 1.36. The second-order valence-corrected chi connectivity index (χ2v) is 7.61. The molecule has 0 unspecified atom stereocenters. The summed E-state index contributed by atoms with van der Waals surface area (Å²) in [5, 5.41) is 3.16. The number of hydrogen-bond donors (Lipinski definition) is 2. The number of ether oxygens (including phenoxy) is 1. The summed E-state index contributed by atoms with van der Waals surface area (Å²) >= 11 is 5.96. The second kappa shape index (κ2) is 8.24. The Morgan fingerprint density at radius 2 is 2.10 bits per heavy atom. The van der Waals surface area contributed by atoms with Gasteiger partial charge in [-0.25, -0.2) is 4.98 Å². The average molecular weight is 415 g/mol. The molecule has 152 valence electrons. The van der Waals surface area contributed by atoms with Crippen molar-refractivity contribution in [1.82, 2.24) is 24.8 Å². The Morgan fingerprint density at radius 3 is 2.86 bits per heavy atom. The molecule has 0 saturated heterocycles. The van der Waals surface area contributed by atoms with Gasteiger partial charge in [0.25, 0.3) is 0 Å². The fourth-order valence-electron chi connectivity index (χ4n) is 3.91. The first-order valence-corrected chi connectivity index (χ1v) is 9.99. The van der Waals surface area contributed by atoms with Crippen LogP contribution in [0.25, 0.3) is 11.2 Å². The van der Waals surface area contributed by atoms with Crippen LogP contribution in [-0.4, -0.2) is 32.5 Å². The van der Waals surface area contributed by atoms with E-state index >= 15 is 0 Å². The van der Waals surface area contributed by atoms with E-state index in [2.05, 4.69) is 20.3 Å². The highest BCUT2D eigenvalue weighted by Gasteiger charge is 2.28. The highest BCUT2D eigenvalue weighted by atomic mass is 35.5. The van der Waals surface area contributed by atoms with Gasteiger partial charge in [-0.15, -0.1) is 0 Å². The minimum atomic E-state index is 0.00919. The summed E-state index contributed by atoms with van der Waals surface area (Å²) < 4.78 is 7.23. The van der Waals surface area contributed by atoms with Crippen molar-refractivity contribution >= 4 is 34.5 Å². The van der Waals surface area contributed by atoms with Gasteiger partial charge in [0.1, 0.15) is 11.3 Å². The number of aromatic nitrogens is 4. The van der Waals surface area contributed by atoms with E-state index in [0.29, 0.717) is 17.7 Å². The highest BCUT2D eigenvalue weighted by molar-refractivity contribution is 6.28. The molecule has 1 aromatic carbocycles. The standard InChI is InChI=1S/C20H23ClN6O2/c1-29-15-4-2-3-12(9-15)10-23-19(28)13-5-7-14(8-6-13)27-11-24-16-17(22)25-20(21)26-18(16)27/h2-4,9,11,13-14H,5-8,10H2,1H3,(H,23,28)(H2,22,25,26)/t13-,14+. The van der Waals surface area contributed by atoms with Gasteiger partial charge in [0.2, 0.25) is 11.2 Å². The van der Waals surface area contributed by atoms with Crippen molar-refractivity contribution in [3.8, 4) is 5.75 Å². The third-order valence-electron chi connectivity index (χ3n) is 5.48. The van der Waals surface area contributed by atoms with E-state index in [4.69, 9.17) is 22.1 Å². The van der Waals surface area contributed by atoms with Crippen molar-refractivity contribution in [2.24, 2.45) is 5.92 Å². The highest BCUT2D eigenvalue weighted by Crippen LogP contribution is 2.34. The van der Waals surface area contributed by atoms with Crippen molar-refractivity contribution in [2.45, 2.75) is 38.3 Å². The Labute approximate surface area is 173 Å². The van der Waals surface area contributed by atoms with E-state index in [9.17, 15) is 4.79 Å². The van der Waals surface area contributed by atoms with Crippen molar-refractivity contribution in [3.05, 3.63) is 41.4 Å². The van der Waals surface area contributed by atoms with Gasteiger partial charge in [0.05, 0.1) is 13.4 Å². The van der Waals surface area contributed by atoms with Gasteiger partial charge in [0.15, 0.2) is 11.5 Å². The maximum absolute atomic E-state index is 12.6. The number of amides is 1. The molecule has 3 aromatic rings. The first-order chi connectivity index (χ1) is 14.0. The Bertz CT molecular complexity index is 1030. The predicted molar refractivity (Wildman–Crippen MR) is 111 cm³/mol. The molecule has 0 bridgehead atoms. The van der Waals surface area contributed by atoms with Crippen LogP contribution in [0.1, 0.15) is 37.3 Å². The van der Waals surface area contributed by atoms with Crippen LogP contribution in [0.15, 0.2) is 30.6 Å². The molecule has 4 rings (SSSR count). The fourth-order valence-corrected chi connectivity index (χ4v) is 4.08. The number of nitrogens with zero attached hydrogens (tertiary/aromatic N) is 4. The smallest absolute Gasteiger partial charge is 0.226 e. The van der Waals surface area contributed by atoms with Crippen LogP contribution in [0.3, 0.4) is 0 Å². The zero-order chi connectivity index (χ0) is 20.4. The van der Waals surface area contributed by atoms with E-state index in [1.165, 1.54) is 0 Å². The number of nitrogens with one attached hydrogen (secondary N) is 1. The summed E-state index contributed by atoms with van der Waals surface area (Å²) in [6.45, 7) is 0.497. The van der Waals surface area contributed by atoms with Crippen molar-refractivity contribution in [2.75, 3.05) is 12.8 Å². The predicted octanol–water partition coefficient (Wildman–Crippen LogP) is 3.12. The van der Waals surface area contributed by atoms with Crippen LogP contribution < -0.4 is 15.8 Å². The zero-order valence-electron chi connectivity index (χ0n) is 16.1. The number of methoxy groups -OCH3 is 1. The summed E-state index contributed by atoms with van der Waals surface area (Å²) in [5.41, 5.74) is 8.12. The number of hydrogen-bond acceptors (Lipinski definition) is 6. The first kappa shape index (κ1) is 19.4. The lowest BCUT2D eigenvalue weighted by Crippen LogP contribution is -2.33. The topological polar surface area (TPSA) is 108 Å². The lowest BCUT2D eigenvalue weighted by Gasteiger charge is -2.28. The normalized spacial score (nSPS) is 19.2. The summed E-state index contributed by atoms with van der Waals surface area (Å²) in [6, 6.07) is 7.93. The van der Waals surface area contributed by atoms with Crippen LogP contribution in [0, 0.1) is 5.92 Å². The molecule has 2 heterocycles. The summed E-state index contributed by atoms with van der Waals surface area (Å²) in [6.07, 6.45) is 5.08. The average Bonchev–Trinajstić information content (AvgIpc) is 3.16. The molecule has 1 amide bonds. The fraction of sp³-hybridized carbons (Fsp3) is 0.400. The molecule has 29 heavy (non-hydrogen) atoms. The SMILES string of the molecule is COc1cccc(CNC(=O)[C@H]2CC[C@@H](n3cnc4c(N)nc(Cl)nc43)CC2)c1. The third-order valence-corrected chi connectivity index (χ3v) is 5.65. The van der Waals surface area contributed by atoms with Crippen LogP contribution in [0.4, 0.5) is 5.82 Å². The molecule has 1 aliphatic carbocycles. The molecule has 0 spiro atoms. The molecule has 1 saturated carbocycles. The number of carbonyl (C=O) groups excluding carboxylic acids is 1. The largest absolute Gasteiger partial charge is 0.497 e. The van der Waals surface area contributed by atoms with Gasteiger partial charge >= 0.3 is 0 Å². The molecular weight excluding hydrogens is 392 g/mol. The van der Waals surface area contributed by atoms with Gasteiger partial charge in [-0.1, -0.05) is 12.1 Å². The molecular formula is C20H23ClN6O2. The molecule has 2 aromatic heterocycles. The van der Waals surface area contributed by atoms with Crippen LogP contribution in [0.2, 0.25) is 5.28 Å². The number of fused-ring (bicyclic) bond motifs is 1. The summed E-state index contributed by atoms with van der Waals surface area (Å²) in [4.78, 5) is 25.2. The first-order valence-electron chi connectivity index (χ1n) is 9.61. The summed E-state index contributed by atoms with van der Waals surface area (Å²) in [7, 11) is 1.63. The molecule has 0 atom stereocenters. The molecule has 0 aliphatic heterocycles. The van der Waals surface area contributed by atoms with Crippen LogP contribution >= 0.6 is 11.6 Å². The quantitative estimate of drug-likeness (QED) is 0.621. The van der Waals surface area contributed by atoms with Gasteiger partial charge < -0.3 is 20.4 Å². The van der Waals surface area contributed by atoms with Crippen molar-refractivity contribution < 1.29 is 9.53 Å². The van der Waals surface area contributed by atoms with E-state index in [0.717, 1.165) is 37.0 Å². The number of nitrogen functional groups attached to an aromatic ring is 1. The van der Waals surface area contributed by atoms with E-state index in [1.807, 2.05) is 28.8 Å². The number of benzene rings is 1. The van der Waals surface area contributed by atoms with Gasteiger partial charge in [-0.3, -0.25) is 4.79 Å². The number of carbonyl (C=O) groups is 1. The number of nitrogens with two attached hydrogens (primary N) is 1. The number of halogens is 1. The molecule has 1 fully saturated rings. The Kier molecular flexibility index (Phi) is 5.53. The van der Waals surface area contributed by atoms with Gasteiger partial charge in [0, 0.05) is 18.5 Å². The molecule has 8 nitrogen and oxygen atoms in total. The van der Waals surface area contributed by atoms with Crippen molar-refractivity contribution in [3.63, 3.8) is 0 Å². The lowest BCUT2D eigenvalue weighted by atomic mass is 9.85. The van der Waals surface area contributed by atoms with Crippen LogP contribution in [-0.2, 0) is 11.3 Å². The minimum absolute atomic E-state index is 0.00919. The van der Waals surface area contributed by atoms with Gasteiger partial charge in [-0.05, 0) is 55.0 Å². The number of imidazole rings is 1. The van der Waals surface area contributed by atoms with Crippen LogP contribution in [0.5, 0.6) is 5.75 Å². The Morgan fingerprint density at radius 1 is 1.31 bits per heavy atom. The van der Waals surface area contributed by atoms with Gasteiger partial charge in [-0.2, -0.15) is 9.97 Å². The van der Waals surface area contributed by atoms with Crippen molar-refractivity contribution in [1.29, 1.82) is 0 Å². The van der Waals surface area contributed by atoms with E-state index in [1.54, 1.807) is 13.4 Å². The monoisotopic (exact) mass is 414 g/mol. The maximum atomic E-state index is 12.6. The zero-order valence-corrected chi connectivity index (χ0v) is 16.9. The van der Waals surface area contributed by atoms with E-state index in [-0.39, 0.29) is 29.0 Å². The number of anilines is 1. The molecule has 3 N–H and O–H groups in total. The second-order valence-electron chi connectivity index (χ2n) is 7.28. The minimum Gasteiger partial charge on any atom is -0.497 e. The lowest BCUT2D eigenvalue weighted by molar-refractivity contribution is -0.126. The molecule has 0 radical (unpaired) electrons. The number of rotatable bonds is 5. The summed E-state index contributed by atoms with van der Waals surface area (Å²) in [5.74, 6) is 1.17. The third kappa shape index (κ3) is 4.12. The Hall–Kier alpha value is -2.87. The maximum Gasteiger partial charge on any atom is 0.226 e. The van der Waals surface area contributed by atoms with E-state index < -0.39 is 0 Å². The molecule has 1 aliphatic rings.